The summed E-state index contributed by atoms with van der Waals surface area (Å²) in [5.41, 5.74) is 6.27. The van der Waals surface area contributed by atoms with Gasteiger partial charge in [-0.25, -0.2) is 4.98 Å². The molecule has 1 fully saturated rings. The maximum atomic E-state index is 12.6. The van der Waals surface area contributed by atoms with E-state index in [0.29, 0.717) is 37.7 Å². The summed E-state index contributed by atoms with van der Waals surface area (Å²) in [4.78, 5) is 19.7. The number of ether oxygens (including phenoxy) is 1. The van der Waals surface area contributed by atoms with Gasteiger partial charge in [-0.3, -0.25) is 4.79 Å². The Morgan fingerprint density at radius 1 is 1.42 bits per heavy atom. The minimum atomic E-state index is -0.525. The Balaban J connectivity index is 0.00000208. The highest BCUT2D eigenvalue weighted by Gasteiger charge is 2.39. The van der Waals surface area contributed by atoms with Crippen molar-refractivity contribution in [2.24, 2.45) is 11.1 Å². The second-order valence-electron chi connectivity index (χ2n) is 5.71. The van der Waals surface area contributed by atoms with Gasteiger partial charge >= 0.3 is 0 Å². The lowest BCUT2D eigenvalue weighted by Crippen LogP contribution is -2.46. The van der Waals surface area contributed by atoms with Gasteiger partial charge in [-0.05, 0) is 31.4 Å². The van der Waals surface area contributed by atoms with Crippen molar-refractivity contribution in [2.45, 2.75) is 26.2 Å². The zero-order valence-electron chi connectivity index (χ0n) is 13.5. The van der Waals surface area contributed by atoms with Crippen LogP contribution < -0.4 is 11.1 Å². The van der Waals surface area contributed by atoms with Gasteiger partial charge in [0.1, 0.15) is 0 Å². The number of hydrogen-bond donors (Lipinski definition) is 2. The molecule has 1 amide bonds. The Morgan fingerprint density at radius 2 is 2.17 bits per heavy atom. The van der Waals surface area contributed by atoms with Gasteiger partial charge in [-0.15, -0.1) is 35.1 Å². The predicted molar refractivity (Wildman–Crippen MR) is 102 cm³/mol. The lowest BCUT2D eigenvalue weighted by Gasteiger charge is -2.34. The van der Waals surface area contributed by atoms with Crippen molar-refractivity contribution in [1.29, 1.82) is 0 Å². The van der Waals surface area contributed by atoms with E-state index >= 15 is 0 Å². The second-order valence-corrected chi connectivity index (χ2v) is 7.73. The number of aryl methyl sites for hydroxylation is 1. The van der Waals surface area contributed by atoms with Gasteiger partial charge in [0, 0.05) is 30.0 Å². The molecule has 3 rings (SSSR count). The average molecular weight is 388 g/mol. The third-order valence-corrected chi connectivity index (χ3v) is 6.32. The average Bonchev–Trinajstić information content (AvgIpc) is 3.24. The summed E-state index contributed by atoms with van der Waals surface area (Å²) in [6.45, 7) is 3.65. The number of amides is 1. The number of thiophene rings is 1. The fourth-order valence-electron chi connectivity index (χ4n) is 2.67. The first-order valence-corrected chi connectivity index (χ1v) is 9.50. The molecule has 0 bridgehead atoms. The number of nitrogens with one attached hydrogen (secondary N) is 1. The van der Waals surface area contributed by atoms with E-state index in [4.69, 9.17) is 10.5 Å². The van der Waals surface area contributed by atoms with Crippen LogP contribution in [0, 0.1) is 5.41 Å². The summed E-state index contributed by atoms with van der Waals surface area (Å²) in [6.07, 6.45) is 2.36. The number of carbonyl (C=O) groups excluding carboxylic acids is 1. The Kier molecular flexibility index (Phi) is 6.77. The fourth-order valence-corrected chi connectivity index (χ4v) is 4.35. The molecule has 3 heterocycles. The van der Waals surface area contributed by atoms with Crippen LogP contribution in [0.15, 0.2) is 17.5 Å². The Bertz CT molecular complexity index is 680. The second kappa shape index (κ2) is 8.40. The molecule has 0 radical (unpaired) electrons. The largest absolute Gasteiger partial charge is 0.381 e. The number of nitrogens with zero attached hydrogens (tertiary/aromatic N) is 1. The summed E-state index contributed by atoms with van der Waals surface area (Å²) in [5.74, 6) is -0.0374. The monoisotopic (exact) mass is 387 g/mol. The van der Waals surface area contributed by atoms with Gasteiger partial charge in [-0.2, -0.15) is 0 Å². The van der Waals surface area contributed by atoms with Crippen molar-refractivity contribution in [1.82, 2.24) is 4.98 Å². The highest BCUT2D eigenvalue weighted by atomic mass is 35.5. The van der Waals surface area contributed by atoms with Crippen molar-refractivity contribution in [2.75, 3.05) is 25.1 Å². The summed E-state index contributed by atoms with van der Waals surface area (Å²) in [7, 11) is 0. The van der Waals surface area contributed by atoms with Gasteiger partial charge in [0.15, 0.2) is 5.13 Å². The molecule has 0 spiro atoms. The summed E-state index contributed by atoms with van der Waals surface area (Å²) >= 11 is 3.20. The van der Waals surface area contributed by atoms with Gasteiger partial charge < -0.3 is 15.8 Å². The summed E-state index contributed by atoms with van der Waals surface area (Å²) in [5, 5.41) is 5.57. The topological polar surface area (TPSA) is 77.2 Å². The van der Waals surface area contributed by atoms with Crippen LogP contribution in [-0.4, -0.2) is 30.6 Å². The standard InChI is InChI=1S/C16H21N3O2S2.ClH/c1-2-11-3-4-13(23-11)12-9-22-15(18-12)19-14(20)16(10-17)5-7-21-8-6-16;/h3-4,9H,2,5-8,10,17H2,1H3,(H,18,19,20);1H. The molecule has 2 aromatic rings. The van der Waals surface area contributed by atoms with Crippen LogP contribution in [0.5, 0.6) is 0 Å². The third-order valence-electron chi connectivity index (χ3n) is 4.31. The molecule has 2 aromatic heterocycles. The zero-order chi connectivity index (χ0) is 16.3. The Labute approximate surface area is 156 Å². The molecule has 0 saturated carbocycles. The zero-order valence-corrected chi connectivity index (χ0v) is 16.0. The van der Waals surface area contributed by atoms with Crippen molar-refractivity contribution in [3.05, 3.63) is 22.4 Å². The van der Waals surface area contributed by atoms with Crippen LogP contribution in [0.2, 0.25) is 0 Å². The molecule has 0 unspecified atom stereocenters. The van der Waals surface area contributed by atoms with Crippen LogP contribution in [0.25, 0.3) is 10.6 Å². The molecule has 0 aromatic carbocycles. The van der Waals surface area contributed by atoms with E-state index in [2.05, 4.69) is 29.4 Å². The number of anilines is 1. The molecule has 0 aliphatic carbocycles. The number of thiazole rings is 1. The number of rotatable bonds is 5. The number of carbonyl (C=O) groups is 1. The number of halogens is 1. The summed E-state index contributed by atoms with van der Waals surface area (Å²) < 4.78 is 5.35. The highest BCUT2D eigenvalue weighted by molar-refractivity contribution is 7.17. The smallest absolute Gasteiger partial charge is 0.233 e. The first-order chi connectivity index (χ1) is 11.2. The molecule has 8 heteroatoms. The molecule has 24 heavy (non-hydrogen) atoms. The molecular weight excluding hydrogens is 366 g/mol. The highest BCUT2D eigenvalue weighted by Crippen LogP contribution is 2.34. The SMILES string of the molecule is CCc1ccc(-c2csc(NC(=O)C3(CN)CCOCC3)n2)s1.Cl. The van der Waals surface area contributed by atoms with Gasteiger partial charge in [0.25, 0.3) is 0 Å². The minimum absolute atomic E-state index is 0. The van der Waals surface area contributed by atoms with E-state index in [1.807, 2.05) is 5.38 Å². The number of hydrogen-bond acceptors (Lipinski definition) is 6. The normalized spacial score (nSPS) is 16.4. The maximum absolute atomic E-state index is 12.6. The fraction of sp³-hybridized carbons (Fsp3) is 0.500. The molecule has 3 N–H and O–H groups in total. The van der Waals surface area contributed by atoms with Crippen LogP contribution in [-0.2, 0) is 16.0 Å². The van der Waals surface area contributed by atoms with E-state index in [1.165, 1.54) is 16.2 Å². The number of aromatic nitrogens is 1. The van der Waals surface area contributed by atoms with Crippen LogP contribution in [0.1, 0.15) is 24.6 Å². The third kappa shape index (κ3) is 3.97. The molecule has 1 aliphatic rings. The maximum Gasteiger partial charge on any atom is 0.233 e. The lowest BCUT2D eigenvalue weighted by molar-refractivity contribution is -0.130. The van der Waals surface area contributed by atoms with Gasteiger partial charge in [-0.1, -0.05) is 6.92 Å². The van der Waals surface area contributed by atoms with Gasteiger partial charge in [0.05, 0.1) is 16.0 Å². The van der Waals surface area contributed by atoms with Crippen molar-refractivity contribution in [3.63, 3.8) is 0 Å². The van der Waals surface area contributed by atoms with Crippen LogP contribution in [0.3, 0.4) is 0 Å². The number of nitrogens with two attached hydrogens (primary N) is 1. The molecule has 1 saturated heterocycles. The molecule has 5 nitrogen and oxygen atoms in total. The minimum Gasteiger partial charge on any atom is -0.381 e. The van der Waals surface area contributed by atoms with E-state index in [9.17, 15) is 4.79 Å². The molecule has 1 aliphatic heterocycles. The van der Waals surface area contributed by atoms with Crippen molar-refractivity contribution >= 4 is 46.1 Å². The quantitative estimate of drug-likeness (QED) is 0.822. The molecule has 0 atom stereocenters. The van der Waals surface area contributed by atoms with E-state index in [-0.39, 0.29) is 18.3 Å². The Morgan fingerprint density at radius 3 is 2.79 bits per heavy atom. The van der Waals surface area contributed by atoms with E-state index in [1.54, 1.807) is 11.3 Å². The summed E-state index contributed by atoms with van der Waals surface area (Å²) in [6, 6.07) is 4.22. The first-order valence-electron chi connectivity index (χ1n) is 7.81. The molecular formula is C16H22ClN3O2S2. The predicted octanol–water partition coefficient (Wildman–Crippen LogP) is 3.55. The van der Waals surface area contributed by atoms with Crippen molar-refractivity contribution < 1.29 is 9.53 Å². The van der Waals surface area contributed by atoms with Crippen molar-refractivity contribution in [3.8, 4) is 10.6 Å². The first kappa shape index (κ1) is 19.3. The van der Waals surface area contributed by atoms with E-state index in [0.717, 1.165) is 17.0 Å². The molecule has 132 valence electrons. The Hall–Kier alpha value is -0.990. The van der Waals surface area contributed by atoms with Crippen LogP contribution >= 0.6 is 35.1 Å². The lowest BCUT2D eigenvalue weighted by atomic mass is 9.79. The van der Waals surface area contributed by atoms with Gasteiger partial charge in [0.2, 0.25) is 5.91 Å². The van der Waals surface area contributed by atoms with Crippen LogP contribution in [0.4, 0.5) is 5.13 Å². The van der Waals surface area contributed by atoms with E-state index < -0.39 is 5.41 Å².